The fourth-order valence-corrected chi connectivity index (χ4v) is 3.06. The highest BCUT2D eigenvalue weighted by molar-refractivity contribution is 5.98. The van der Waals surface area contributed by atoms with E-state index < -0.39 is 0 Å². The Morgan fingerprint density at radius 3 is 2.28 bits per heavy atom. The number of methoxy groups -OCH3 is 1. The number of benzene rings is 2. The molecule has 25 heavy (non-hydrogen) atoms. The number of rotatable bonds is 5. The van der Waals surface area contributed by atoms with E-state index in [2.05, 4.69) is 29.3 Å². The molecule has 4 heteroatoms. The number of hydrogen-bond acceptors (Lipinski definition) is 3. The van der Waals surface area contributed by atoms with E-state index in [0.717, 1.165) is 37.2 Å². The lowest BCUT2D eigenvalue weighted by Crippen LogP contribution is -2.33. The lowest BCUT2D eigenvalue weighted by atomic mass is 9.89. The van der Waals surface area contributed by atoms with Gasteiger partial charge >= 0.3 is 0 Å². The summed E-state index contributed by atoms with van der Waals surface area (Å²) in [5, 5.41) is 0. The van der Waals surface area contributed by atoms with Crippen LogP contribution in [0.1, 0.15) is 28.8 Å². The fourth-order valence-electron chi connectivity index (χ4n) is 3.06. The Morgan fingerprint density at radius 2 is 1.68 bits per heavy atom. The second-order valence-corrected chi connectivity index (χ2v) is 6.13. The Balaban J connectivity index is 0.00000225. The van der Waals surface area contributed by atoms with Crippen molar-refractivity contribution in [1.82, 2.24) is 4.90 Å². The molecule has 1 heterocycles. The van der Waals surface area contributed by atoms with Gasteiger partial charge in [0.1, 0.15) is 5.75 Å². The predicted molar refractivity (Wildman–Crippen MR) is 104 cm³/mol. The first kappa shape index (κ1) is 19.1. The van der Waals surface area contributed by atoms with Gasteiger partial charge in [-0.25, -0.2) is 0 Å². The van der Waals surface area contributed by atoms with E-state index in [0.29, 0.717) is 0 Å². The maximum absolute atomic E-state index is 12.6. The zero-order valence-corrected chi connectivity index (χ0v) is 15.2. The standard InChI is InChI=1S/C21H23NO2.ClH/c1-24-20-9-7-18(8-10-20)21(23)19-12-15-22(16-13-19)14-11-17-5-3-2-4-6-17;/h2-11,14,19H,12-13,15-16H2,1H3;1H. The van der Waals surface area contributed by atoms with Gasteiger partial charge in [0.2, 0.25) is 0 Å². The number of nitrogens with zero attached hydrogens (tertiary/aromatic N) is 1. The van der Waals surface area contributed by atoms with Crippen molar-refractivity contribution in [3.05, 3.63) is 71.9 Å². The van der Waals surface area contributed by atoms with Crippen LogP contribution in [-0.2, 0) is 0 Å². The Bertz CT molecular complexity index is 690. The summed E-state index contributed by atoms with van der Waals surface area (Å²) in [7, 11) is 1.63. The number of carbonyl (C=O) groups is 1. The van der Waals surface area contributed by atoms with Crippen molar-refractivity contribution in [1.29, 1.82) is 0 Å². The molecule has 0 radical (unpaired) electrons. The average molecular weight is 358 g/mol. The molecule has 2 aromatic carbocycles. The van der Waals surface area contributed by atoms with Crippen LogP contribution < -0.4 is 4.74 Å². The van der Waals surface area contributed by atoms with Crippen molar-refractivity contribution in [2.75, 3.05) is 20.2 Å². The van der Waals surface area contributed by atoms with E-state index in [9.17, 15) is 4.79 Å². The molecule has 0 unspecified atom stereocenters. The topological polar surface area (TPSA) is 29.5 Å². The maximum Gasteiger partial charge on any atom is 0.166 e. The van der Waals surface area contributed by atoms with Crippen LogP contribution in [0, 0.1) is 5.92 Å². The summed E-state index contributed by atoms with van der Waals surface area (Å²) in [6, 6.07) is 17.7. The van der Waals surface area contributed by atoms with Crippen LogP contribution in [0.2, 0.25) is 0 Å². The number of hydrogen-bond donors (Lipinski definition) is 0. The fraction of sp³-hybridized carbons (Fsp3) is 0.286. The number of ether oxygens (including phenoxy) is 1. The molecular formula is C21H24ClNO2. The van der Waals surface area contributed by atoms with Crippen LogP contribution in [0.5, 0.6) is 5.75 Å². The van der Waals surface area contributed by atoms with Gasteiger partial charge in [-0.1, -0.05) is 30.3 Å². The van der Waals surface area contributed by atoms with E-state index in [4.69, 9.17) is 4.74 Å². The largest absolute Gasteiger partial charge is 0.497 e. The Morgan fingerprint density at radius 1 is 1.04 bits per heavy atom. The van der Waals surface area contributed by atoms with E-state index in [1.54, 1.807) is 7.11 Å². The van der Waals surface area contributed by atoms with Crippen LogP contribution in [0.15, 0.2) is 60.8 Å². The molecule has 0 aromatic heterocycles. The van der Waals surface area contributed by atoms with Crippen LogP contribution in [0.25, 0.3) is 6.08 Å². The first-order valence-corrected chi connectivity index (χ1v) is 8.42. The molecule has 2 aromatic rings. The highest BCUT2D eigenvalue weighted by Gasteiger charge is 2.24. The van der Waals surface area contributed by atoms with Crippen molar-refractivity contribution in [3.63, 3.8) is 0 Å². The molecule has 1 saturated heterocycles. The van der Waals surface area contributed by atoms with E-state index in [1.165, 1.54) is 5.56 Å². The molecule has 0 spiro atoms. The first-order valence-electron chi connectivity index (χ1n) is 8.42. The van der Waals surface area contributed by atoms with Crippen molar-refractivity contribution in [2.45, 2.75) is 12.8 Å². The number of likely N-dealkylation sites (tertiary alicyclic amines) is 1. The third-order valence-electron chi connectivity index (χ3n) is 4.55. The number of piperidine rings is 1. The van der Waals surface area contributed by atoms with Crippen LogP contribution in [-0.4, -0.2) is 30.9 Å². The highest BCUT2D eigenvalue weighted by Crippen LogP contribution is 2.23. The molecule has 0 saturated carbocycles. The maximum atomic E-state index is 12.6. The number of Topliss-reactive ketones (excluding diaryl/α,β-unsaturated/α-hetero) is 1. The van der Waals surface area contributed by atoms with Crippen LogP contribution in [0.3, 0.4) is 0 Å². The zero-order chi connectivity index (χ0) is 16.8. The number of carbonyl (C=O) groups excluding carboxylic acids is 1. The molecule has 0 amide bonds. The molecule has 0 atom stereocenters. The zero-order valence-electron chi connectivity index (χ0n) is 14.4. The molecule has 3 nitrogen and oxygen atoms in total. The van der Waals surface area contributed by atoms with Gasteiger partial charge in [-0.05, 0) is 54.9 Å². The van der Waals surface area contributed by atoms with Crippen molar-refractivity contribution in [3.8, 4) is 5.75 Å². The van der Waals surface area contributed by atoms with Crippen LogP contribution in [0.4, 0.5) is 0 Å². The molecule has 1 aliphatic rings. The second-order valence-electron chi connectivity index (χ2n) is 6.13. The predicted octanol–water partition coefficient (Wildman–Crippen LogP) is 4.68. The molecule has 1 fully saturated rings. The Hall–Kier alpha value is -2.26. The van der Waals surface area contributed by atoms with Gasteiger partial charge in [-0.15, -0.1) is 12.4 Å². The third kappa shape index (κ3) is 5.10. The smallest absolute Gasteiger partial charge is 0.166 e. The lowest BCUT2D eigenvalue weighted by Gasteiger charge is -2.30. The number of ketones is 1. The van der Waals surface area contributed by atoms with E-state index >= 15 is 0 Å². The molecule has 0 aliphatic carbocycles. The minimum atomic E-state index is 0. The summed E-state index contributed by atoms with van der Waals surface area (Å²) >= 11 is 0. The molecule has 132 valence electrons. The summed E-state index contributed by atoms with van der Waals surface area (Å²) in [5.74, 6) is 1.16. The number of halogens is 1. The normalized spacial score (nSPS) is 15.0. The molecule has 0 bridgehead atoms. The minimum Gasteiger partial charge on any atom is -0.497 e. The third-order valence-corrected chi connectivity index (χ3v) is 4.55. The summed E-state index contributed by atoms with van der Waals surface area (Å²) in [4.78, 5) is 14.9. The van der Waals surface area contributed by atoms with E-state index in [-0.39, 0.29) is 24.1 Å². The van der Waals surface area contributed by atoms with Gasteiger partial charge in [-0.2, -0.15) is 0 Å². The molecule has 3 rings (SSSR count). The summed E-state index contributed by atoms with van der Waals surface area (Å²) in [6.07, 6.45) is 6.09. The van der Waals surface area contributed by atoms with Gasteiger partial charge in [0, 0.05) is 24.6 Å². The average Bonchev–Trinajstić information content (AvgIpc) is 2.67. The van der Waals surface area contributed by atoms with Crippen molar-refractivity contribution < 1.29 is 9.53 Å². The van der Waals surface area contributed by atoms with Gasteiger partial charge in [-0.3, -0.25) is 4.79 Å². The van der Waals surface area contributed by atoms with E-state index in [1.807, 2.05) is 42.5 Å². The quantitative estimate of drug-likeness (QED) is 0.727. The van der Waals surface area contributed by atoms with Crippen LogP contribution >= 0.6 is 12.4 Å². The SMILES string of the molecule is COc1ccc(C(=O)C2CCN(C=Cc3ccccc3)CC2)cc1.Cl. The van der Waals surface area contributed by atoms with Crippen molar-refractivity contribution >= 4 is 24.3 Å². The molecule has 0 N–H and O–H groups in total. The monoisotopic (exact) mass is 357 g/mol. The van der Waals surface area contributed by atoms with Gasteiger partial charge < -0.3 is 9.64 Å². The lowest BCUT2D eigenvalue weighted by molar-refractivity contribution is 0.0865. The first-order chi connectivity index (χ1) is 11.8. The summed E-state index contributed by atoms with van der Waals surface area (Å²) < 4.78 is 5.15. The second kappa shape index (κ2) is 9.28. The Kier molecular flexibility index (Phi) is 7.08. The minimum absolute atomic E-state index is 0. The molecular weight excluding hydrogens is 334 g/mol. The Labute approximate surface area is 155 Å². The summed E-state index contributed by atoms with van der Waals surface area (Å²) in [6.45, 7) is 1.85. The highest BCUT2D eigenvalue weighted by atomic mass is 35.5. The molecule has 1 aliphatic heterocycles. The van der Waals surface area contributed by atoms with Crippen molar-refractivity contribution in [2.24, 2.45) is 5.92 Å². The van der Waals surface area contributed by atoms with Gasteiger partial charge in [0.05, 0.1) is 7.11 Å². The summed E-state index contributed by atoms with van der Waals surface area (Å²) in [5.41, 5.74) is 1.99. The van der Waals surface area contributed by atoms with Gasteiger partial charge in [0.25, 0.3) is 0 Å². The van der Waals surface area contributed by atoms with Gasteiger partial charge in [0.15, 0.2) is 5.78 Å².